The molecule has 2 heterocycles. The van der Waals surface area contributed by atoms with Gasteiger partial charge in [0.05, 0.1) is 23.2 Å². The van der Waals surface area contributed by atoms with Gasteiger partial charge < -0.3 is 9.47 Å². The maximum Gasteiger partial charge on any atom is 0.416 e. The van der Waals surface area contributed by atoms with Crippen molar-refractivity contribution in [3.63, 3.8) is 0 Å². The van der Waals surface area contributed by atoms with E-state index >= 15 is 0 Å². The number of ketones is 1. The highest BCUT2D eigenvalue weighted by atomic mass is 19.4. The Morgan fingerprint density at radius 3 is 2.48 bits per heavy atom. The molecule has 0 radical (unpaired) electrons. The van der Waals surface area contributed by atoms with Crippen LogP contribution in [0, 0.1) is 11.3 Å². The maximum atomic E-state index is 13.2. The second kappa shape index (κ2) is 8.70. The van der Waals surface area contributed by atoms with E-state index in [-0.39, 0.29) is 29.5 Å². The largest absolute Gasteiger partial charge is 0.460 e. The first-order valence-corrected chi connectivity index (χ1v) is 11.2. The van der Waals surface area contributed by atoms with Crippen LogP contribution in [-0.4, -0.2) is 36.8 Å². The van der Waals surface area contributed by atoms with Gasteiger partial charge in [-0.3, -0.25) is 9.79 Å². The van der Waals surface area contributed by atoms with Gasteiger partial charge in [-0.05, 0) is 49.3 Å². The van der Waals surface area contributed by atoms with E-state index in [0.29, 0.717) is 36.4 Å². The standard InChI is InChI=1S/C25H28F3NO4/c1-14-20(23(31)33-13-17-5-4-10-32-17)21(15-6-8-16(9-7-15)25(26,27)28)22-18(29-14)11-24(2,3)12-19(22)30/h6-9,17,21-22H,4-5,10-13H2,1-3H3/t17-,21+,22-/m0/s1. The summed E-state index contributed by atoms with van der Waals surface area (Å²) in [5.41, 5.74) is 0.764. The number of hydrogen-bond donors (Lipinski definition) is 0. The Kier molecular flexibility index (Phi) is 6.24. The lowest BCUT2D eigenvalue weighted by Gasteiger charge is -2.41. The maximum absolute atomic E-state index is 13.2. The van der Waals surface area contributed by atoms with Crippen LogP contribution in [0.2, 0.25) is 0 Å². The molecule has 1 aromatic carbocycles. The molecule has 8 heteroatoms. The predicted molar refractivity (Wildman–Crippen MR) is 116 cm³/mol. The van der Waals surface area contributed by atoms with Gasteiger partial charge in [0.1, 0.15) is 12.4 Å². The van der Waals surface area contributed by atoms with Crippen LogP contribution in [0.5, 0.6) is 0 Å². The van der Waals surface area contributed by atoms with Crippen molar-refractivity contribution in [1.29, 1.82) is 0 Å². The van der Waals surface area contributed by atoms with Gasteiger partial charge in [-0.2, -0.15) is 13.2 Å². The molecule has 1 aliphatic carbocycles. The minimum Gasteiger partial charge on any atom is -0.460 e. The first-order chi connectivity index (χ1) is 15.5. The van der Waals surface area contributed by atoms with E-state index in [1.165, 1.54) is 12.1 Å². The number of benzene rings is 1. The fourth-order valence-corrected chi connectivity index (χ4v) is 5.12. The molecule has 178 valence electrons. The van der Waals surface area contributed by atoms with E-state index in [4.69, 9.17) is 9.47 Å². The minimum absolute atomic E-state index is 0.0631. The number of aliphatic imine (C=N–C) groups is 1. The number of ether oxygens (including phenoxy) is 2. The lowest BCUT2D eigenvalue weighted by Crippen LogP contribution is -2.44. The molecule has 4 rings (SSSR count). The lowest BCUT2D eigenvalue weighted by molar-refractivity contribution is -0.143. The highest BCUT2D eigenvalue weighted by Crippen LogP contribution is 2.47. The summed E-state index contributed by atoms with van der Waals surface area (Å²) in [6, 6.07) is 4.68. The summed E-state index contributed by atoms with van der Waals surface area (Å²) in [6.45, 7) is 6.38. The quantitative estimate of drug-likeness (QED) is 0.573. The Hall–Kier alpha value is -2.48. The monoisotopic (exact) mass is 463 g/mol. The molecule has 0 amide bonds. The molecule has 5 nitrogen and oxygen atoms in total. The van der Waals surface area contributed by atoms with Gasteiger partial charge in [-0.15, -0.1) is 0 Å². The molecule has 2 fully saturated rings. The molecular formula is C25H28F3NO4. The van der Waals surface area contributed by atoms with Gasteiger partial charge >= 0.3 is 12.1 Å². The van der Waals surface area contributed by atoms with Gasteiger partial charge in [0, 0.05) is 30.4 Å². The smallest absolute Gasteiger partial charge is 0.416 e. The zero-order valence-corrected chi connectivity index (χ0v) is 19.0. The highest BCUT2D eigenvalue weighted by Gasteiger charge is 2.48. The number of fused-ring (bicyclic) bond motifs is 1. The van der Waals surface area contributed by atoms with Gasteiger partial charge in [-0.25, -0.2) is 4.79 Å². The number of halogens is 3. The molecule has 3 aliphatic rings. The Morgan fingerprint density at radius 1 is 1.18 bits per heavy atom. The summed E-state index contributed by atoms with van der Waals surface area (Å²) >= 11 is 0. The zero-order chi connectivity index (χ0) is 24.0. The zero-order valence-electron chi connectivity index (χ0n) is 19.0. The Balaban J connectivity index is 1.72. The van der Waals surface area contributed by atoms with E-state index in [0.717, 1.165) is 25.0 Å². The predicted octanol–water partition coefficient (Wildman–Crippen LogP) is 5.25. The minimum atomic E-state index is -4.48. The van der Waals surface area contributed by atoms with Crippen molar-refractivity contribution in [2.45, 2.75) is 64.7 Å². The van der Waals surface area contributed by atoms with Crippen molar-refractivity contribution in [1.82, 2.24) is 0 Å². The number of esters is 1. The molecule has 3 atom stereocenters. The fourth-order valence-electron chi connectivity index (χ4n) is 5.12. The topological polar surface area (TPSA) is 65.0 Å². The third-order valence-electron chi connectivity index (χ3n) is 6.61. The van der Waals surface area contributed by atoms with Crippen molar-refractivity contribution in [2.75, 3.05) is 13.2 Å². The molecule has 0 N–H and O–H groups in total. The number of nitrogens with zero attached hydrogens (tertiary/aromatic N) is 1. The summed E-state index contributed by atoms with van der Waals surface area (Å²) < 4.78 is 50.4. The first-order valence-electron chi connectivity index (χ1n) is 11.2. The third-order valence-corrected chi connectivity index (χ3v) is 6.61. The Labute approximate surface area is 191 Å². The van der Waals surface area contributed by atoms with Crippen LogP contribution >= 0.6 is 0 Å². The number of Topliss-reactive ketones (excluding diaryl/α,β-unsaturated/α-hetero) is 1. The van der Waals surface area contributed by atoms with Gasteiger partial charge in [0.2, 0.25) is 0 Å². The van der Waals surface area contributed by atoms with Gasteiger partial charge in [0.15, 0.2) is 0 Å². The first kappa shape index (κ1) is 23.7. The summed E-state index contributed by atoms with van der Waals surface area (Å²) in [5.74, 6) is -2.09. The van der Waals surface area contributed by atoms with Gasteiger partial charge in [-0.1, -0.05) is 26.0 Å². The number of rotatable bonds is 4. The van der Waals surface area contributed by atoms with Crippen LogP contribution in [-0.2, 0) is 25.2 Å². The molecule has 1 saturated heterocycles. The van der Waals surface area contributed by atoms with Gasteiger partial charge in [0.25, 0.3) is 0 Å². The number of alkyl halides is 3. The summed E-state index contributed by atoms with van der Waals surface area (Å²) in [4.78, 5) is 31.1. The molecule has 1 saturated carbocycles. The van der Waals surface area contributed by atoms with Crippen molar-refractivity contribution in [3.8, 4) is 0 Å². The van der Waals surface area contributed by atoms with E-state index in [9.17, 15) is 22.8 Å². The molecule has 0 aromatic heterocycles. The van der Waals surface area contributed by atoms with Crippen LogP contribution in [0.4, 0.5) is 13.2 Å². The second-order valence-electron chi connectivity index (χ2n) is 9.89. The van der Waals surface area contributed by atoms with Crippen LogP contribution in [0.15, 0.2) is 40.5 Å². The summed E-state index contributed by atoms with van der Waals surface area (Å²) in [6.07, 6.45) is -2.05. The van der Waals surface area contributed by atoms with Crippen LogP contribution < -0.4 is 0 Å². The SMILES string of the molecule is CC1=C(C(=O)OC[C@@H]2CCCO2)[C@@H](c2ccc(C(F)(F)F)cc2)[C@@H]2C(=O)CC(C)(C)CC2=N1. The molecule has 1 aromatic rings. The van der Waals surface area contributed by atoms with E-state index < -0.39 is 29.5 Å². The van der Waals surface area contributed by atoms with Crippen molar-refractivity contribution >= 4 is 17.5 Å². The number of allylic oxidation sites excluding steroid dienone is 1. The number of carbonyl (C=O) groups excluding carboxylic acids is 2. The second-order valence-corrected chi connectivity index (χ2v) is 9.89. The number of carbonyl (C=O) groups is 2. The average molecular weight is 463 g/mol. The Morgan fingerprint density at radius 2 is 1.88 bits per heavy atom. The Bertz CT molecular complexity index is 1000. The van der Waals surface area contributed by atoms with Crippen LogP contribution in [0.25, 0.3) is 0 Å². The van der Waals surface area contributed by atoms with Crippen molar-refractivity contribution in [2.24, 2.45) is 16.3 Å². The van der Waals surface area contributed by atoms with Crippen molar-refractivity contribution < 1.29 is 32.2 Å². The van der Waals surface area contributed by atoms with Crippen LogP contribution in [0.3, 0.4) is 0 Å². The normalized spacial score (nSPS) is 27.3. The fraction of sp³-hybridized carbons (Fsp3) is 0.560. The van der Waals surface area contributed by atoms with E-state index in [1.807, 2.05) is 13.8 Å². The lowest BCUT2D eigenvalue weighted by atomic mass is 9.63. The number of hydrogen-bond acceptors (Lipinski definition) is 5. The van der Waals surface area contributed by atoms with E-state index in [1.54, 1.807) is 6.92 Å². The van der Waals surface area contributed by atoms with E-state index in [2.05, 4.69) is 4.99 Å². The summed E-state index contributed by atoms with van der Waals surface area (Å²) in [7, 11) is 0. The summed E-state index contributed by atoms with van der Waals surface area (Å²) in [5, 5.41) is 0. The third kappa shape index (κ3) is 4.90. The highest BCUT2D eigenvalue weighted by molar-refractivity contribution is 6.12. The molecular weight excluding hydrogens is 435 g/mol. The van der Waals surface area contributed by atoms with Crippen molar-refractivity contribution in [3.05, 3.63) is 46.7 Å². The average Bonchev–Trinajstić information content (AvgIpc) is 3.23. The molecule has 0 spiro atoms. The molecule has 0 unspecified atom stereocenters. The molecule has 0 bridgehead atoms. The molecule has 2 aliphatic heterocycles. The molecule has 33 heavy (non-hydrogen) atoms. The van der Waals surface area contributed by atoms with Crippen LogP contribution in [0.1, 0.15) is 63.5 Å².